The lowest BCUT2D eigenvalue weighted by Gasteiger charge is -2.46. The third-order valence-electron chi connectivity index (χ3n) is 4.86. The summed E-state index contributed by atoms with van der Waals surface area (Å²) in [7, 11) is 4.10. The first-order valence-electron chi connectivity index (χ1n) is 9.27. The van der Waals surface area contributed by atoms with Crippen LogP contribution in [0.1, 0.15) is 37.9 Å². The van der Waals surface area contributed by atoms with Gasteiger partial charge in [-0.25, -0.2) is 0 Å². The van der Waals surface area contributed by atoms with Crippen molar-refractivity contribution in [3.8, 4) is 6.07 Å². The third-order valence-corrected chi connectivity index (χ3v) is 4.86. The molecule has 1 atom stereocenters. The van der Waals surface area contributed by atoms with E-state index in [-0.39, 0.29) is 11.6 Å². The Bertz CT molecular complexity index is 891. The van der Waals surface area contributed by atoms with E-state index in [1.165, 1.54) is 11.3 Å². The lowest BCUT2D eigenvalue weighted by atomic mass is 9.89. The molecular formula is C24H27N3. The van der Waals surface area contributed by atoms with Gasteiger partial charge >= 0.3 is 0 Å². The van der Waals surface area contributed by atoms with Crippen molar-refractivity contribution in [2.24, 2.45) is 0 Å². The second kappa shape index (κ2) is 7.32. The average Bonchev–Trinajstić information content (AvgIpc) is 2.67. The van der Waals surface area contributed by atoms with Gasteiger partial charge in [-0.2, -0.15) is 5.26 Å². The molecule has 0 saturated heterocycles. The fourth-order valence-electron chi connectivity index (χ4n) is 3.58. The van der Waals surface area contributed by atoms with Gasteiger partial charge in [-0.1, -0.05) is 48.5 Å². The minimum atomic E-state index is -0.150. The smallest absolute Gasteiger partial charge is 0.101 e. The van der Waals surface area contributed by atoms with E-state index in [1.807, 2.05) is 38.4 Å². The Morgan fingerprint density at radius 1 is 0.963 bits per heavy atom. The molecule has 3 heteroatoms. The molecule has 0 saturated carbocycles. The first-order chi connectivity index (χ1) is 12.8. The van der Waals surface area contributed by atoms with Crippen LogP contribution in [0.5, 0.6) is 0 Å². The van der Waals surface area contributed by atoms with Gasteiger partial charge in [0.2, 0.25) is 0 Å². The van der Waals surface area contributed by atoms with Gasteiger partial charge in [0.05, 0.1) is 17.3 Å². The van der Waals surface area contributed by atoms with E-state index < -0.39 is 0 Å². The van der Waals surface area contributed by atoms with Gasteiger partial charge < -0.3 is 9.80 Å². The topological polar surface area (TPSA) is 30.3 Å². The zero-order valence-corrected chi connectivity index (χ0v) is 16.8. The summed E-state index contributed by atoms with van der Waals surface area (Å²) in [6.07, 6.45) is 4.11. The summed E-state index contributed by atoms with van der Waals surface area (Å²) in [6.45, 7) is 6.60. The number of rotatable bonds is 3. The Balaban J connectivity index is 2.13. The van der Waals surface area contributed by atoms with Crippen LogP contribution < -0.4 is 4.90 Å². The molecule has 0 spiro atoms. The van der Waals surface area contributed by atoms with Gasteiger partial charge in [0.15, 0.2) is 0 Å². The summed E-state index contributed by atoms with van der Waals surface area (Å²) < 4.78 is 0. The monoisotopic (exact) mass is 357 g/mol. The van der Waals surface area contributed by atoms with Crippen LogP contribution >= 0.6 is 0 Å². The molecule has 0 N–H and O–H groups in total. The van der Waals surface area contributed by atoms with E-state index in [9.17, 15) is 5.26 Å². The molecule has 27 heavy (non-hydrogen) atoms. The third kappa shape index (κ3) is 3.75. The van der Waals surface area contributed by atoms with Crippen molar-refractivity contribution in [2.75, 3.05) is 19.0 Å². The molecule has 3 rings (SSSR count). The van der Waals surface area contributed by atoms with Gasteiger partial charge in [-0.3, -0.25) is 0 Å². The highest BCUT2D eigenvalue weighted by Gasteiger charge is 2.34. The minimum Gasteiger partial charge on any atom is -0.378 e. The van der Waals surface area contributed by atoms with E-state index in [1.54, 1.807) is 0 Å². The number of hydrogen-bond acceptors (Lipinski definition) is 3. The number of anilines is 1. The van der Waals surface area contributed by atoms with Crippen molar-refractivity contribution in [3.63, 3.8) is 0 Å². The second-order valence-corrected chi connectivity index (χ2v) is 8.07. The first-order valence-corrected chi connectivity index (χ1v) is 9.27. The van der Waals surface area contributed by atoms with Gasteiger partial charge in [0, 0.05) is 25.3 Å². The van der Waals surface area contributed by atoms with E-state index in [4.69, 9.17) is 0 Å². The van der Waals surface area contributed by atoms with Crippen molar-refractivity contribution < 1.29 is 0 Å². The van der Waals surface area contributed by atoms with Gasteiger partial charge in [-0.05, 0) is 50.1 Å². The Hall–Kier alpha value is -2.99. The lowest BCUT2D eigenvalue weighted by Crippen LogP contribution is -2.43. The molecule has 2 aromatic rings. The summed E-state index contributed by atoms with van der Waals surface area (Å²) in [5.41, 5.74) is 5.02. The molecule has 2 aromatic carbocycles. The van der Waals surface area contributed by atoms with E-state index in [0.29, 0.717) is 5.57 Å². The highest BCUT2D eigenvalue weighted by Crippen LogP contribution is 2.42. The fourth-order valence-corrected chi connectivity index (χ4v) is 3.58. The van der Waals surface area contributed by atoms with Crippen LogP contribution in [0.2, 0.25) is 0 Å². The molecule has 0 aromatic heterocycles. The fraction of sp³-hybridized carbons (Fsp3) is 0.292. The summed E-state index contributed by atoms with van der Waals surface area (Å²) in [6, 6.07) is 21.4. The van der Waals surface area contributed by atoms with Crippen molar-refractivity contribution in [3.05, 3.63) is 83.4 Å². The van der Waals surface area contributed by atoms with Gasteiger partial charge in [0.25, 0.3) is 0 Å². The zero-order valence-electron chi connectivity index (χ0n) is 16.8. The molecular weight excluding hydrogens is 330 g/mol. The number of nitriles is 1. The van der Waals surface area contributed by atoms with Crippen LogP contribution in [0.25, 0.3) is 5.70 Å². The zero-order chi connectivity index (χ0) is 19.6. The van der Waals surface area contributed by atoms with E-state index in [2.05, 4.69) is 79.1 Å². The summed E-state index contributed by atoms with van der Waals surface area (Å²) >= 11 is 0. The molecule has 0 bridgehead atoms. The quantitative estimate of drug-likeness (QED) is 0.737. The summed E-state index contributed by atoms with van der Waals surface area (Å²) in [4.78, 5) is 4.47. The Morgan fingerprint density at radius 2 is 1.59 bits per heavy atom. The Kier molecular flexibility index (Phi) is 5.10. The highest BCUT2D eigenvalue weighted by atomic mass is 15.2. The van der Waals surface area contributed by atoms with Crippen molar-refractivity contribution in [1.82, 2.24) is 4.90 Å². The number of allylic oxidation sites excluding steroid dienone is 2. The highest BCUT2D eigenvalue weighted by molar-refractivity contribution is 5.75. The van der Waals surface area contributed by atoms with Crippen LogP contribution in [-0.4, -0.2) is 24.5 Å². The maximum Gasteiger partial charge on any atom is 0.101 e. The largest absolute Gasteiger partial charge is 0.378 e. The minimum absolute atomic E-state index is 0.0773. The molecule has 0 radical (unpaired) electrons. The van der Waals surface area contributed by atoms with E-state index in [0.717, 1.165) is 11.3 Å². The van der Waals surface area contributed by atoms with Crippen molar-refractivity contribution in [2.45, 2.75) is 32.4 Å². The summed E-state index contributed by atoms with van der Waals surface area (Å²) in [5.74, 6) is 0. The molecule has 0 aliphatic carbocycles. The van der Waals surface area contributed by atoms with Crippen LogP contribution in [0.15, 0.2) is 72.3 Å². The predicted molar refractivity (Wildman–Crippen MR) is 113 cm³/mol. The molecule has 1 unspecified atom stereocenters. The predicted octanol–water partition coefficient (Wildman–Crippen LogP) is 5.40. The van der Waals surface area contributed by atoms with Crippen LogP contribution in [0.4, 0.5) is 5.69 Å². The maximum absolute atomic E-state index is 9.77. The second-order valence-electron chi connectivity index (χ2n) is 8.07. The number of benzene rings is 2. The molecule has 1 aliphatic heterocycles. The van der Waals surface area contributed by atoms with Crippen LogP contribution in [-0.2, 0) is 0 Å². The molecule has 0 fully saturated rings. The molecule has 0 amide bonds. The number of nitrogens with zero attached hydrogens (tertiary/aromatic N) is 3. The standard InChI is InChI=1S/C24H27N3/c1-24(2,3)27-22(18-11-14-21(15-12-18)26(4)5)16-13-20(17-25)23(27)19-9-7-6-8-10-19/h6-16,22H,1-5H3. The average molecular weight is 358 g/mol. The molecule has 1 heterocycles. The van der Waals surface area contributed by atoms with Crippen LogP contribution in [0.3, 0.4) is 0 Å². The van der Waals surface area contributed by atoms with Crippen molar-refractivity contribution in [1.29, 1.82) is 5.26 Å². The van der Waals surface area contributed by atoms with E-state index >= 15 is 0 Å². The van der Waals surface area contributed by atoms with Crippen molar-refractivity contribution >= 4 is 11.4 Å². The van der Waals surface area contributed by atoms with Gasteiger partial charge in [0.1, 0.15) is 6.07 Å². The van der Waals surface area contributed by atoms with Gasteiger partial charge in [-0.15, -0.1) is 0 Å². The maximum atomic E-state index is 9.77. The Morgan fingerprint density at radius 3 is 2.11 bits per heavy atom. The molecule has 138 valence electrons. The SMILES string of the molecule is CN(C)c1ccc(C2C=CC(C#N)=C(c3ccccc3)N2C(C)(C)C)cc1. The molecule has 3 nitrogen and oxygen atoms in total. The normalized spacial score (nSPS) is 17.0. The Labute approximate surface area is 162 Å². The molecule has 1 aliphatic rings. The summed E-state index contributed by atoms with van der Waals surface area (Å²) in [5, 5.41) is 9.77. The number of hydrogen-bond donors (Lipinski definition) is 0. The first kappa shape index (κ1) is 18.8. The van der Waals surface area contributed by atoms with Crippen LogP contribution in [0, 0.1) is 11.3 Å². The lowest BCUT2D eigenvalue weighted by molar-refractivity contribution is 0.184.